The van der Waals surface area contributed by atoms with Crippen molar-refractivity contribution in [3.8, 4) is 0 Å². The minimum Gasteiger partial charge on any atom is -0.450 e. The van der Waals surface area contributed by atoms with Gasteiger partial charge in [0.05, 0.1) is 19.1 Å². The first-order valence-electron chi connectivity index (χ1n) is 9.61. The first-order valence-corrected chi connectivity index (χ1v) is 13.3. The molecule has 2 rings (SSSR count). The van der Waals surface area contributed by atoms with Crippen LogP contribution in [0.4, 0.5) is 4.79 Å². The van der Waals surface area contributed by atoms with Crippen LogP contribution in [0, 0.1) is 6.92 Å². The van der Waals surface area contributed by atoms with Gasteiger partial charge in [-0.2, -0.15) is 0 Å². The van der Waals surface area contributed by atoms with Crippen LogP contribution < -0.4 is 5.32 Å². The molecule has 9 heteroatoms. The highest BCUT2D eigenvalue weighted by Crippen LogP contribution is 2.20. The first kappa shape index (κ1) is 22.6. The number of carbonyl (C=O) groups is 4. The van der Waals surface area contributed by atoms with Crippen LogP contribution in [0.25, 0.3) is 0 Å². The Morgan fingerprint density at radius 2 is 1.69 bits per heavy atom. The lowest BCUT2D eigenvalue weighted by atomic mass is 10.0. The summed E-state index contributed by atoms with van der Waals surface area (Å²) in [6, 6.07) is 7.43. The molecule has 0 aromatic heterocycles. The van der Waals surface area contributed by atoms with E-state index < -0.39 is 38.0 Å². The Hall–Kier alpha value is -2.68. The number of hydroxylamine groups is 2. The molecule has 158 valence electrons. The number of hydrogen-bond donors (Lipinski definition) is 1. The molecule has 1 fully saturated rings. The van der Waals surface area contributed by atoms with Crippen molar-refractivity contribution in [1.29, 1.82) is 0 Å². The first-order chi connectivity index (χ1) is 13.5. The maximum atomic E-state index is 12.3. The number of rotatable bonds is 8. The van der Waals surface area contributed by atoms with Gasteiger partial charge in [-0.15, -0.1) is 5.06 Å². The van der Waals surface area contributed by atoms with Gasteiger partial charge in [-0.3, -0.25) is 9.59 Å². The maximum Gasteiger partial charge on any atom is 0.407 e. The molecule has 0 saturated carbocycles. The summed E-state index contributed by atoms with van der Waals surface area (Å²) in [4.78, 5) is 52.7. The number of alkyl carbamates (subject to hydrolysis) is 1. The molecule has 0 spiro atoms. The number of amides is 3. The van der Waals surface area contributed by atoms with E-state index in [1.807, 2.05) is 19.1 Å². The van der Waals surface area contributed by atoms with Crippen molar-refractivity contribution in [2.45, 2.75) is 57.9 Å². The fourth-order valence-corrected chi connectivity index (χ4v) is 3.36. The van der Waals surface area contributed by atoms with Gasteiger partial charge in [0, 0.05) is 20.9 Å². The second-order valence-corrected chi connectivity index (χ2v) is 13.9. The Bertz CT molecular complexity index is 756. The second kappa shape index (κ2) is 9.68. The van der Waals surface area contributed by atoms with Crippen LogP contribution in [0.3, 0.4) is 0 Å². The molecule has 8 nitrogen and oxygen atoms in total. The van der Waals surface area contributed by atoms with Crippen molar-refractivity contribution >= 4 is 32.0 Å². The van der Waals surface area contributed by atoms with Crippen molar-refractivity contribution in [2.75, 3.05) is 6.61 Å². The third-order valence-corrected chi connectivity index (χ3v) is 6.13. The summed E-state index contributed by atoms with van der Waals surface area (Å²) in [7, 11) is -1.34. The van der Waals surface area contributed by atoms with Crippen LogP contribution in [0.5, 0.6) is 0 Å². The van der Waals surface area contributed by atoms with Crippen molar-refractivity contribution in [3.05, 3.63) is 35.4 Å². The smallest absolute Gasteiger partial charge is 0.407 e. The summed E-state index contributed by atoms with van der Waals surface area (Å²) < 4.78 is 5.26. The molecule has 1 atom stereocenters. The molecule has 1 aromatic carbocycles. The zero-order valence-corrected chi connectivity index (χ0v) is 18.3. The monoisotopic (exact) mass is 420 g/mol. The predicted octanol–water partition coefficient (Wildman–Crippen LogP) is 3.10. The highest BCUT2D eigenvalue weighted by atomic mass is 28.3. The highest BCUT2D eigenvalue weighted by Gasteiger charge is 2.33. The van der Waals surface area contributed by atoms with E-state index in [2.05, 4.69) is 25.0 Å². The van der Waals surface area contributed by atoms with Gasteiger partial charge >= 0.3 is 12.1 Å². The number of aryl methyl sites for hydroxylation is 1. The van der Waals surface area contributed by atoms with Crippen LogP contribution in [-0.4, -0.2) is 43.6 Å². The molecule has 0 bridgehead atoms. The van der Waals surface area contributed by atoms with Crippen LogP contribution in [-0.2, 0) is 24.0 Å². The molecule has 0 aliphatic carbocycles. The number of nitrogens with one attached hydrogen (secondary N) is 1. The third kappa shape index (κ3) is 7.34. The summed E-state index contributed by atoms with van der Waals surface area (Å²) in [5.41, 5.74) is 1.72. The van der Waals surface area contributed by atoms with Crippen molar-refractivity contribution in [1.82, 2.24) is 10.4 Å². The summed E-state index contributed by atoms with van der Waals surface area (Å²) in [6.45, 7) is 8.78. The average Bonchev–Trinajstić information content (AvgIpc) is 2.92. The highest BCUT2D eigenvalue weighted by molar-refractivity contribution is 6.76. The molecule has 3 amide bonds. The third-order valence-electron chi connectivity index (χ3n) is 4.43. The molecule has 1 unspecified atom stereocenters. The molecule has 0 radical (unpaired) electrons. The Kier molecular flexibility index (Phi) is 7.55. The number of nitrogens with zero attached hydrogens (tertiary/aromatic N) is 1. The van der Waals surface area contributed by atoms with Gasteiger partial charge in [0.25, 0.3) is 11.8 Å². The minimum atomic E-state index is -1.34. The largest absolute Gasteiger partial charge is 0.450 e. The van der Waals surface area contributed by atoms with E-state index in [4.69, 9.17) is 9.57 Å². The van der Waals surface area contributed by atoms with Gasteiger partial charge in [0.15, 0.2) is 0 Å². The fourth-order valence-electron chi connectivity index (χ4n) is 2.65. The Morgan fingerprint density at radius 1 is 1.10 bits per heavy atom. The number of carbonyl (C=O) groups excluding carboxylic acids is 4. The van der Waals surface area contributed by atoms with Gasteiger partial charge in [-0.05, 0) is 18.5 Å². The van der Waals surface area contributed by atoms with Crippen LogP contribution in [0.15, 0.2) is 24.3 Å². The fraction of sp³-hybridized carbons (Fsp3) is 0.500. The van der Waals surface area contributed by atoms with E-state index in [1.165, 1.54) is 0 Å². The van der Waals surface area contributed by atoms with E-state index >= 15 is 0 Å². The summed E-state index contributed by atoms with van der Waals surface area (Å²) in [5, 5.41) is 3.18. The summed E-state index contributed by atoms with van der Waals surface area (Å²) in [5.74, 6) is -1.88. The Morgan fingerprint density at radius 3 is 2.24 bits per heavy atom. The average molecular weight is 421 g/mol. The van der Waals surface area contributed by atoms with E-state index in [0.29, 0.717) is 17.2 Å². The van der Waals surface area contributed by atoms with E-state index in [-0.39, 0.29) is 19.3 Å². The second-order valence-electron chi connectivity index (χ2n) is 8.30. The normalized spacial score (nSPS) is 15.2. The maximum absolute atomic E-state index is 12.3. The van der Waals surface area contributed by atoms with Crippen molar-refractivity contribution < 1.29 is 28.8 Å². The zero-order chi connectivity index (χ0) is 21.6. The zero-order valence-electron chi connectivity index (χ0n) is 17.3. The molecule has 1 aliphatic rings. The minimum absolute atomic E-state index is 0.0230. The van der Waals surface area contributed by atoms with Crippen LogP contribution in [0.2, 0.25) is 25.7 Å². The molecule has 1 heterocycles. The lowest BCUT2D eigenvalue weighted by molar-refractivity contribution is -0.197. The van der Waals surface area contributed by atoms with Gasteiger partial charge in [0.2, 0.25) is 0 Å². The van der Waals surface area contributed by atoms with Gasteiger partial charge in [-0.25, -0.2) is 9.59 Å². The van der Waals surface area contributed by atoms with Crippen molar-refractivity contribution in [2.24, 2.45) is 0 Å². The van der Waals surface area contributed by atoms with E-state index in [0.717, 1.165) is 11.6 Å². The summed E-state index contributed by atoms with van der Waals surface area (Å²) >= 11 is 0. The molecule has 1 aliphatic heterocycles. The Labute approximate surface area is 171 Å². The number of hydrogen-bond acceptors (Lipinski definition) is 6. The predicted molar refractivity (Wildman–Crippen MR) is 108 cm³/mol. The molecule has 1 N–H and O–H groups in total. The molecular formula is C20H28N2O6Si. The number of benzene rings is 1. The van der Waals surface area contributed by atoms with Gasteiger partial charge in [-0.1, -0.05) is 49.5 Å². The number of ether oxygens (including phenoxy) is 1. The molecule has 1 saturated heterocycles. The van der Waals surface area contributed by atoms with Crippen molar-refractivity contribution in [3.63, 3.8) is 0 Å². The lowest BCUT2D eigenvalue weighted by Gasteiger charge is -2.21. The van der Waals surface area contributed by atoms with Gasteiger partial charge < -0.3 is 14.9 Å². The lowest BCUT2D eigenvalue weighted by Crippen LogP contribution is -2.36. The standard InChI is InChI=1S/C20H28N2O6Si/c1-14-5-7-15(8-6-14)16(21-20(26)27-11-12-29(2,3)4)13-19(25)28-22-17(23)9-10-18(22)24/h5-8,16H,9-13H2,1-4H3,(H,21,26). The summed E-state index contributed by atoms with van der Waals surface area (Å²) in [6.07, 6.45) is -0.830. The SMILES string of the molecule is Cc1ccc(C(CC(=O)ON2C(=O)CCC2=O)NC(=O)OCC[Si](C)(C)C)cc1. The quantitative estimate of drug-likeness (QED) is 0.512. The number of imide groups is 1. The van der Waals surface area contributed by atoms with E-state index in [1.54, 1.807) is 12.1 Å². The van der Waals surface area contributed by atoms with Gasteiger partial charge in [0.1, 0.15) is 0 Å². The Balaban J connectivity index is 2.02. The van der Waals surface area contributed by atoms with Crippen LogP contribution >= 0.6 is 0 Å². The van der Waals surface area contributed by atoms with Crippen LogP contribution in [0.1, 0.15) is 36.4 Å². The molecule has 29 heavy (non-hydrogen) atoms. The molecular weight excluding hydrogens is 392 g/mol. The van der Waals surface area contributed by atoms with E-state index in [9.17, 15) is 19.2 Å². The topological polar surface area (TPSA) is 102 Å². The molecule has 1 aromatic rings.